The average molecular weight is 541 g/mol. The van der Waals surface area contributed by atoms with Crippen molar-refractivity contribution in [1.29, 1.82) is 0 Å². The lowest BCUT2D eigenvalue weighted by molar-refractivity contribution is 0.0599. The first-order valence-electron chi connectivity index (χ1n) is 12.9. The van der Waals surface area contributed by atoms with Crippen LogP contribution in [0.25, 0.3) is 32.7 Å². The van der Waals surface area contributed by atoms with Crippen LogP contribution < -0.4 is 9.47 Å². The third kappa shape index (κ3) is 5.06. The fraction of sp³-hybridized carbons (Fsp3) is 0.0286. The van der Waals surface area contributed by atoms with Crippen molar-refractivity contribution < 1.29 is 28.9 Å². The number of carbonyl (C=O) groups excluding carboxylic acids is 1. The van der Waals surface area contributed by atoms with Gasteiger partial charge in [-0.3, -0.25) is 0 Å². The molecule has 0 bridgehead atoms. The summed E-state index contributed by atoms with van der Waals surface area (Å²) in [6.45, 7) is 0. The number of carbonyl (C=O) groups is 2. The van der Waals surface area contributed by atoms with Crippen LogP contribution in [-0.4, -0.2) is 24.2 Å². The number of aromatic carboxylic acids is 1. The van der Waals surface area contributed by atoms with Crippen molar-refractivity contribution in [2.45, 2.75) is 0 Å². The number of hydrogen-bond acceptors (Lipinski definition) is 5. The van der Waals surface area contributed by atoms with Crippen LogP contribution in [0, 0.1) is 0 Å². The summed E-state index contributed by atoms with van der Waals surface area (Å²) in [7, 11) is 1.35. The van der Waals surface area contributed by atoms with Crippen molar-refractivity contribution in [3.05, 3.63) is 132 Å². The Hall–Kier alpha value is -5.62. The van der Waals surface area contributed by atoms with E-state index in [1.807, 2.05) is 72.8 Å². The molecule has 6 nitrogen and oxygen atoms in total. The van der Waals surface area contributed by atoms with E-state index in [1.54, 1.807) is 36.4 Å². The SMILES string of the molecule is COC(=O)c1ccc(Oc2ccc3ccccc3c2-c2c(Oc3ccc(C(=O)O)cc3)ccc3ccccc23)cc1. The molecule has 0 fully saturated rings. The van der Waals surface area contributed by atoms with Gasteiger partial charge in [-0.15, -0.1) is 0 Å². The van der Waals surface area contributed by atoms with E-state index in [2.05, 4.69) is 0 Å². The summed E-state index contributed by atoms with van der Waals surface area (Å²) < 4.78 is 17.7. The first kappa shape index (κ1) is 25.6. The van der Waals surface area contributed by atoms with E-state index >= 15 is 0 Å². The van der Waals surface area contributed by atoms with Gasteiger partial charge in [0.15, 0.2) is 0 Å². The van der Waals surface area contributed by atoms with Gasteiger partial charge < -0.3 is 19.3 Å². The maximum atomic E-state index is 11.9. The normalized spacial score (nSPS) is 10.9. The van der Waals surface area contributed by atoms with Crippen LogP contribution in [0.4, 0.5) is 0 Å². The van der Waals surface area contributed by atoms with Gasteiger partial charge in [-0.05, 0) is 82.2 Å². The number of carboxylic acids is 1. The Kier molecular flexibility index (Phi) is 6.80. The van der Waals surface area contributed by atoms with Gasteiger partial charge in [0.05, 0.1) is 18.2 Å². The Morgan fingerprint density at radius 3 is 1.41 bits per heavy atom. The van der Waals surface area contributed by atoms with E-state index < -0.39 is 11.9 Å². The summed E-state index contributed by atoms with van der Waals surface area (Å²) in [5.41, 5.74) is 2.29. The predicted octanol–water partition coefficient (Wildman–Crippen LogP) is 8.73. The molecule has 0 saturated heterocycles. The van der Waals surface area contributed by atoms with Gasteiger partial charge in [0.1, 0.15) is 23.0 Å². The highest BCUT2D eigenvalue weighted by molar-refractivity contribution is 6.10. The Bertz CT molecular complexity index is 1910. The van der Waals surface area contributed by atoms with E-state index in [4.69, 9.17) is 14.2 Å². The molecule has 6 rings (SSSR count). The molecule has 41 heavy (non-hydrogen) atoms. The molecule has 6 aromatic rings. The van der Waals surface area contributed by atoms with Crippen molar-refractivity contribution in [2.24, 2.45) is 0 Å². The smallest absolute Gasteiger partial charge is 0.337 e. The molecule has 0 amide bonds. The lowest BCUT2D eigenvalue weighted by Crippen LogP contribution is -2.00. The molecular weight excluding hydrogens is 516 g/mol. The van der Waals surface area contributed by atoms with E-state index in [1.165, 1.54) is 19.2 Å². The zero-order chi connectivity index (χ0) is 28.3. The minimum atomic E-state index is -1.000. The van der Waals surface area contributed by atoms with Crippen LogP contribution in [0.15, 0.2) is 121 Å². The molecular formula is C35H24O6. The third-order valence-electron chi connectivity index (χ3n) is 6.86. The fourth-order valence-electron chi connectivity index (χ4n) is 4.89. The van der Waals surface area contributed by atoms with Crippen LogP contribution in [0.5, 0.6) is 23.0 Å². The number of fused-ring (bicyclic) bond motifs is 2. The third-order valence-corrected chi connectivity index (χ3v) is 6.86. The van der Waals surface area contributed by atoms with Crippen molar-refractivity contribution in [3.8, 4) is 34.1 Å². The van der Waals surface area contributed by atoms with E-state index in [9.17, 15) is 14.7 Å². The summed E-state index contributed by atoms with van der Waals surface area (Å²) in [5.74, 6) is 0.844. The van der Waals surface area contributed by atoms with Crippen molar-refractivity contribution in [2.75, 3.05) is 7.11 Å². The molecule has 0 spiro atoms. The van der Waals surface area contributed by atoms with Gasteiger partial charge in [0.2, 0.25) is 0 Å². The van der Waals surface area contributed by atoms with Gasteiger partial charge in [-0.2, -0.15) is 0 Å². The molecule has 0 saturated carbocycles. The monoisotopic (exact) mass is 540 g/mol. The minimum Gasteiger partial charge on any atom is -0.478 e. The lowest BCUT2D eigenvalue weighted by atomic mass is 9.92. The molecule has 0 aromatic heterocycles. The molecule has 0 radical (unpaired) electrons. The lowest BCUT2D eigenvalue weighted by Gasteiger charge is -2.19. The number of esters is 1. The summed E-state index contributed by atoms with van der Waals surface area (Å²) in [5, 5.41) is 13.3. The molecule has 0 aliphatic heterocycles. The largest absolute Gasteiger partial charge is 0.478 e. The fourth-order valence-corrected chi connectivity index (χ4v) is 4.89. The molecule has 1 N–H and O–H groups in total. The second kappa shape index (κ2) is 10.9. The number of hydrogen-bond donors (Lipinski definition) is 1. The van der Waals surface area contributed by atoms with E-state index in [-0.39, 0.29) is 5.56 Å². The Balaban J connectivity index is 1.54. The molecule has 0 aliphatic carbocycles. The van der Waals surface area contributed by atoms with Crippen LogP contribution in [0.3, 0.4) is 0 Å². The van der Waals surface area contributed by atoms with Crippen molar-refractivity contribution >= 4 is 33.5 Å². The zero-order valence-electron chi connectivity index (χ0n) is 22.0. The van der Waals surface area contributed by atoms with Crippen molar-refractivity contribution in [1.82, 2.24) is 0 Å². The van der Waals surface area contributed by atoms with Gasteiger partial charge in [-0.1, -0.05) is 60.7 Å². The molecule has 0 heterocycles. The maximum Gasteiger partial charge on any atom is 0.337 e. The predicted molar refractivity (Wildman–Crippen MR) is 158 cm³/mol. The van der Waals surface area contributed by atoms with Gasteiger partial charge in [0, 0.05) is 11.1 Å². The molecule has 6 heteroatoms. The Morgan fingerprint density at radius 1 is 0.537 bits per heavy atom. The summed E-state index contributed by atoms with van der Waals surface area (Å²) in [6.07, 6.45) is 0. The molecule has 200 valence electrons. The molecule has 0 aliphatic rings. The van der Waals surface area contributed by atoms with Crippen LogP contribution in [-0.2, 0) is 4.74 Å². The minimum absolute atomic E-state index is 0.180. The van der Waals surface area contributed by atoms with Crippen molar-refractivity contribution in [3.63, 3.8) is 0 Å². The highest BCUT2D eigenvalue weighted by Crippen LogP contribution is 2.47. The standard InChI is InChI=1S/C35H24O6/c1-39-35(38)25-12-18-27(19-13-25)41-31-21-15-23-7-3-5-9-29(23)33(31)32-28-8-4-2-6-22(28)14-20-30(32)40-26-16-10-24(11-17-26)34(36)37/h2-21H,1H3,(H,36,37). The second-order valence-corrected chi connectivity index (χ2v) is 9.37. The zero-order valence-corrected chi connectivity index (χ0v) is 22.0. The van der Waals surface area contributed by atoms with Gasteiger partial charge in [-0.25, -0.2) is 9.59 Å². The summed E-state index contributed by atoms with van der Waals surface area (Å²) >= 11 is 0. The first-order valence-corrected chi connectivity index (χ1v) is 12.9. The quantitative estimate of drug-likeness (QED) is 0.204. The maximum absolute atomic E-state index is 11.9. The number of ether oxygens (including phenoxy) is 3. The van der Waals surface area contributed by atoms with Crippen LogP contribution in [0.1, 0.15) is 20.7 Å². The molecule has 0 unspecified atom stereocenters. The average Bonchev–Trinajstić information content (AvgIpc) is 3.01. The van der Waals surface area contributed by atoms with Crippen LogP contribution >= 0.6 is 0 Å². The highest BCUT2D eigenvalue weighted by Gasteiger charge is 2.20. The number of carboxylic acid groups (broad SMARTS) is 1. The Labute approximate surface area is 236 Å². The number of rotatable bonds is 7. The van der Waals surface area contributed by atoms with Gasteiger partial charge in [0.25, 0.3) is 0 Å². The molecule has 6 aromatic carbocycles. The highest BCUT2D eigenvalue weighted by atomic mass is 16.5. The second-order valence-electron chi connectivity index (χ2n) is 9.37. The summed E-state index contributed by atoms with van der Waals surface area (Å²) in [4.78, 5) is 23.3. The number of benzene rings is 6. The Morgan fingerprint density at radius 2 is 0.976 bits per heavy atom. The first-order chi connectivity index (χ1) is 20.0. The van der Waals surface area contributed by atoms with E-state index in [0.29, 0.717) is 28.6 Å². The molecule has 0 atom stereocenters. The summed E-state index contributed by atoms with van der Waals surface area (Å²) in [6, 6.07) is 37.1. The van der Waals surface area contributed by atoms with Crippen LogP contribution in [0.2, 0.25) is 0 Å². The number of methoxy groups -OCH3 is 1. The topological polar surface area (TPSA) is 82.1 Å². The van der Waals surface area contributed by atoms with E-state index in [0.717, 1.165) is 32.7 Å². The van der Waals surface area contributed by atoms with Gasteiger partial charge >= 0.3 is 11.9 Å².